The third-order valence-electron chi connectivity index (χ3n) is 2.76. The summed E-state index contributed by atoms with van der Waals surface area (Å²) in [4.78, 5) is 4.09. The van der Waals surface area contributed by atoms with Gasteiger partial charge in [0, 0.05) is 11.6 Å². The van der Waals surface area contributed by atoms with Gasteiger partial charge in [-0.15, -0.1) is 0 Å². The number of aromatic nitrogens is 1. The molecule has 0 aliphatic heterocycles. The molecule has 2 aromatic rings. The van der Waals surface area contributed by atoms with Crippen molar-refractivity contribution in [3.8, 4) is 0 Å². The molecule has 1 saturated carbocycles. The van der Waals surface area contributed by atoms with Gasteiger partial charge in [0.05, 0.1) is 0 Å². The van der Waals surface area contributed by atoms with Crippen molar-refractivity contribution in [3.05, 3.63) is 41.2 Å². The Morgan fingerprint density at radius 3 is 2.79 bits per heavy atom. The summed E-state index contributed by atoms with van der Waals surface area (Å²) < 4.78 is 0. The highest BCUT2D eigenvalue weighted by Crippen LogP contribution is 2.40. The van der Waals surface area contributed by atoms with Crippen molar-refractivity contribution in [2.24, 2.45) is 0 Å². The summed E-state index contributed by atoms with van der Waals surface area (Å²) in [5, 5.41) is 2.94. The fourth-order valence-electron chi connectivity index (χ4n) is 1.80. The van der Waals surface area contributed by atoms with Crippen LogP contribution in [0, 0.1) is 0 Å². The van der Waals surface area contributed by atoms with Crippen LogP contribution in [-0.2, 0) is 0 Å². The van der Waals surface area contributed by atoms with E-state index < -0.39 is 0 Å². The van der Waals surface area contributed by atoms with E-state index in [1.165, 1.54) is 29.2 Å². The lowest BCUT2D eigenvalue weighted by Crippen LogP contribution is -1.81. The second kappa shape index (κ2) is 2.96. The third kappa shape index (κ3) is 1.38. The number of halogens is 1. The lowest BCUT2D eigenvalue weighted by atomic mass is 10.1. The van der Waals surface area contributed by atoms with Crippen LogP contribution in [0.3, 0.4) is 0 Å². The minimum absolute atomic E-state index is 0.566. The minimum Gasteiger partial charge on any atom is -0.244 e. The molecule has 3 rings (SSSR count). The van der Waals surface area contributed by atoms with Crippen LogP contribution in [0.25, 0.3) is 10.8 Å². The van der Waals surface area contributed by atoms with Crippen LogP contribution in [0.4, 0.5) is 0 Å². The Bertz CT molecular complexity index is 489. The first-order valence-corrected chi connectivity index (χ1v) is 5.26. The molecular formula is C12H10ClN. The number of rotatable bonds is 1. The number of benzene rings is 1. The molecule has 0 amide bonds. The molecule has 0 radical (unpaired) electrons. The number of hydrogen-bond donors (Lipinski definition) is 0. The Balaban J connectivity index is 2.18. The first-order chi connectivity index (χ1) is 6.83. The molecule has 1 aromatic carbocycles. The number of pyridine rings is 1. The smallest absolute Gasteiger partial charge is 0.129 e. The minimum atomic E-state index is 0.566. The van der Waals surface area contributed by atoms with Gasteiger partial charge < -0.3 is 0 Å². The van der Waals surface area contributed by atoms with E-state index in [-0.39, 0.29) is 0 Å². The van der Waals surface area contributed by atoms with Crippen molar-refractivity contribution >= 4 is 22.4 Å². The van der Waals surface area contributed by atoms with Crippen LogP contribution in [0.5, 0.6) is 0 Å². The zero-order valence-electron chi connectivity index (χ0n) is 7.70. The van der Waals surface area contributed by atoms with E-state index in [1.807, 2.05) is 12.3 Å². The fraction of sp³-hybridized carbons (Fsp3) is 0.250. The number of hydrogen-bond acceptors (Lipinski definition) is 1. The maximum Gasteiger partial charge on any atom is 0.129 e. The second-order valence-electron chi connectivity index (χ2n) is 3.89. The van der Waals surface area contributed by atoms with Gasteiger partial charge >= 0.3 is 0 Å². The Hall–Kier alpha value is -1.08. The average Bonchev–Trinajstić information content (AvgIpc) is 3.00. The Labute approximate surface area is 87.7 Å². The molecule has 14 heavy (non-hydrogen) atoms. The molecular weight excluding hydrogens is 194 g/mol. The predicted octanol–water partition coefficient (Wildman–Crippen LogP) is 3.77. The van der Waals surface area contributed by atoms with Crippen molar-refractivity contribution in [1.82, 2.24) is 4.98 Å². The van der Waals surface area contributed by atoms with Gasteiger partial charge in [-0.2, -0.15) is 0 Å². The van der Waals surface area contributed by atoms with E-state index in [9.17, 15) is 0 Å². The van der Waals surface area contributed by atoms with Gasteiger partial charge in [0.25, 0.3) is 0 Å². The molecule has 1 aliphatic rings. The van der Waals surface area contributed by atoms with Gasteiger partial charge in [-0.05, 0) is 41.8 Å². The van der Waals surface area contributed by atoms with Gasteiger partial charge in [0.15, 0.2) is 0 Å². The summed E-state index contributed by atoms with van der Waals surface area (Å²) in [5.74, 6) is 0.801. The molecule has 1 heterocycles. The van der Waals surface area contributed by atoms with Crippen molar-refractivity contribution in [2.75, 3.05) is 0 Å². The summed E-state index contributed by atoms with van der Waals surface area (Å²) in [6, 6.07) is 8.48. The highest BCUT2D eigenvalue weighted by Gasteiger charge is 2.23. The van der Waals surface area contributed by atoms with Crippen LogP contribution >= 0.6 is 11.6 Å². The van der Waals surface area contributed by atoms with E-state index in [0.29, 0.717) is 5.15 Å². The molecule has 2 heteroatoms. The molecule has 70 valence electrons. The quantitative estimate of drug-likeness (QED) is 0.643. The van der Waals surface area contributed by atoms with Crippen molar-refractivity contribution in [2.45, 2.75) is 18.8 Å². The topological polar surface area (TPSA) is 12.9 Å². The van der Waals surface area contributed by atoms with Crippen LogP contribution in [0.15, 0.2) is 30.5 Å². The van der Waals surface area contributed by atoms with E-state index in [4.69, 9.17) is 11.6 Å². The summed E-state index contributed by atoms with van der Waals surface area (Å²) in [6.45, 7) is 0. The van der Waals surface area contributed by atoms with E-state index in [0.717, 1.165) is 5.92 Å². The molecule has 0 atom stereocenters. The maximum absolute atomic E-state index is 5.82. The van der Waals surface area contributed by atoms with Crippen molar-refractivity contribution in [1.29, 1.82) is 0 Å². The first kappa shape index (κ1) is 8.25. The molecule has 1 nitrogen and oxygen atoms in total. The molecule has 0 saturated heterocycles. The van der Waals surface area contributed by atoms with Crippen molar-refractivity contribution in [3.63, 3.8) is 0 Å². The van der Waals surface area contributed by atoms with Crippen LogP contribution in [-0.4, -0.2) is 4.98 Å². The van der Waals surface area contributed by atoms with E-state index in [2.05, 4.69) is 23.2 Å². The van der Waals surface area contributed by atoms with E-state index >= 15 is 0 Å². The molecule has 0 bridgehead atoms. The first-order valence-electron chi connectivity index (χ1n) is 4.88. The summed E-state index contributed by atoms with van der Waals surface area (Å²) in [5.41, 5.74) is 1.45. The predicted molar refractivity (Wildman–Crippen MR) is 58.7 cm³/mol. The lowest BCUT2D eigenvalue weighted by molar-refractivity contribution is 1.14. The zero-order valence-corrected chi connectivity index (χ0v) is 8.46. The molecule has 0 unspecified atom stereocenters. The van der Waals surface area contributed by atoms with Crippen LogP contribution in [0.2, 0.25) is 5.15 Å². The average molecular weight is 204 g/mol. The van der Waals surface area contributed by atoms with Crippen molar-refractivity contribution < 1.29 is 0 Å². The van der Waals surface area contributed by atoms with Gasteiger partial charge in [-0.1, -0.05) is 23.7 Å². The number of nitrogens with zero attached hydrogens (tertiary/aromatic N) is 1. The van der Waals surface area contributed by atoms with Gasteiger partial charge in [0.1, 0.15) is 5.15 Å². The summed E-state index contributed by atoms with van der Waals surface area (Å²) >= 11 is 5.82. The maximum atomic E-state index is 5.82. The normalized spacial score (nSPS) is 16.1. The standard InChI is InChI=1S/C12H10ClN/c13-12-6-10-4-3-9(8-1-2-8)5-11(10)7-14-12/h3-8H,1-2H2. The largest absolute Gasteiger partial charge is 0.244 e. The zero-order chi connectivity index (χ0) is 9.54. The Morgan fingerprint density at radius 2 is 2.00 bits per heavy atom. The second-order valence-corrected chi connectivity index (χ2v) is 4.28. The van der Waals surface area contributed by atoms with Crippen LogP contribution < -0.4 is 0 Å². The molecule has 1 fully saturated rings. The van der Waals surface area contributed by atoms with Gasteiger partial charge in [-0.3, -0.25) is 0 Å². The number of fused-ring (bicyclic) bond motifs is 1. The third-order valence-corrected chi connectivity index (χ3v) is 2.97. The van der Waals surface area contributed by atoms with Crippen LogP contribution in [0.1, 0.15) is 24.3 Å². The molecule has 0 N–H and O–H groups in total. The summed E-state index contributed by atoms with van der Waals surface area (Å²) in [7, 11) is 0. The van der Waals surface area contributed by atoms with Gasteiger partial charge in [-0.25, -0.2) is 4.98 Å². The molecule has 1 aromatic heterocycles. The highest BCUT2D eigenvalue weighted by atomic mass is 35.5. The molecule has 1 aliphatic carbocycles. The fourth-order valence-corrected chi connectivity index (χ4v) is 1.97. The highest BCUT2D eigenvalue weighted by molar-refractivity contribution is 6.30. The van der Waals surface area contributed by atoms with Gasteiger partial charge in [0.2, 0.25) is 0 Å². The molecule has 0 spiro atoms. The SMILES string of the molecule is Clc1cc2ccc(C3CC3)cc2cn1. The summed E-state index contributed by atoms with van der Waals surface area (Å²) in [6.07, 6.45) is 4.53. The monoisotopic (exact) mass is 203 g/mol. The van der Waals surface area contributed by atoms with E-state index in [1.54, 1.807) is 0 Å². The lowest BCUT2D eigenvalue weighted by Gasteiger charge is -2.01. The Morgan fingerprint density at radius 1 is 1.14 bits per heavy atom. The Kier molecular flexibility index (Phi) is 1.74.